The Morgan fingerprint density at radius 3 is 1.88 bits per heavy atom. The fourth-order valence-corrected chi connectivity index (χ4v) is 1.25. The van der Waals surface area contributed by atoms with E-state index in [-0.39, 0.29) is 24.8 Å². The molecule has 0 radical (unpaired) electrons. The summed E-state index contributed by atoms with van der Waals surface area (Å²) >= 11 is 1.30. The molecule has 0 aromatic heterocycles. The molecule has 2 rings (SSSR count). The Bertz CT molecular complexity index is 309. The van der Waals surface area contributed by atoms with E-state index in [9.17, 15) is 0 Å². The van der Waals surface area contributed by atoms with Gasteiger partial charge in [0.05, 0.1) is 0 Å². The number of halogens is 2. The first-order chi connectivity index (χ1) is 7.18. The standard InChI is InChI=1S/C7H9.C6H7.CH2.2ClH.Zr/c1-6-3-4-7(2)5-6;1-6-4-2-3-5-6;;;;/h5H,3H2,1-2H3;4-5H,2H2,1H3;1H2;2*1H;/q2*-1;;;;+2. The quantitative estimate of drug-likeness (QED) is 0.561. The molecule has 0 heterocycles. The topological polar surface area (TPSA) is 0 Å². The molecule has 2 aliphatic carbocycles. The molecule has 0 fully saturated rings. The van der Waals surface area contributed by atoms with Crippen LogP contribution >= 0.6 is 24.8 Å². The van der Waals surface area contributed by atoms with Crippen LogP contribution in [0.5, 0.6) is 0 Å². The Balaban J connectivity index is -0.000000184. The van der Waals surface area contributed by atoms with E-state index in [1.807, 2.05) is 6.08 Å². The molecule has 0 nitrogen and oxygen atoms in total. The summed E-state index contributed by atoms with van der Waals surface area (Å²) < 4.78 is 3.34. The summed E-state index contributed by atoms with van der Waals surface area (Å²) in [4.78, 5) is 0. The number of rotatable bonds is 0. The van der Waals surface area contributed by atoms with Gasteiger partial charge in [-0.15, -0.1) is 44.6 Å². The van der Waals surface area contributed by atoms with Crippen LogP contribution in [0, 0.1) is 12.2 Å². The summed E-state index contributed by atoms with van der Waals surface area (Å²) in [6, 6.07) is 0. The second-order valence-corrected chi connectivity index (χ2v) is 3.53. The zero-order valence-corrected chi connectivity index (χ0v) is 14.8. The normalized spacial score (nSPS) is 14.8. The summed E-state index contributed by atoms with van der Waals surface area (Å²) in [6.45, 7) is 6.29. The Morgan fingerprint density at radius 2 is 1.76 bits per heavy atom. The Kier molecular flexibility index (Phi) is 19.0. The third-order valence-electron chi connectivity index (χ3n) is 1.98. The molecule has 0 bridgehead atoms. The maximum atomic E-state index is 3.34. The summed E-state index contributed by atoms with van der Waals surface area (Å²) in [5, 5.41) is 0. The summed E-state index contributed by atoms with van der Waals surface area (Å²) in [5.41, 5.74) is 4.06. The molecule has 0 aromatic rings. The molecule has 3 heteroatoms. The van der Waals surface area contributed by atoms with Gasteiger partial charge in [0.2, 0.25) is 0 Å². The molecule has 17 heavy (non-hydrogen) atoms. The summed E-state index contributed by atoms with van der Waals surface area (Å²) in [5.74, 6) is 0. The van der Waals surface area contributed by atoms with Gasteiger partial charge in [-0.05, 0) is 0 Å². The Hall–Kier alpha value is 0.293. The predicted molar refractivity (Wildman–Crippen MR) is 78.6 cm³/mol. The van der Waals surface area contributed by atoms with Gasteiger partial charge in [-0.2, -0.15) is 11.6 Å². The zero-order valence-electron chi connectivity index (χ0n) is 10.7. The summed E-state index contributed by atoms with van der Waals surface area (Å²) in [7, 11) is 0. The fourth-order valence-electron chi connectivity index (χ4n) is 1.25. The Labute approximate surface area is 133 Å². The minimum atomic E-state index is 0. The van der Waals surface area contributed by atoms with E-state index >= 15 is 0 Å². The van der Waals surface area contributed by atoms with Crippen LogP contribution in [0.4, 0.5) is 0 Å². The number of allylic oxidation sites excluding steroid dienone is 8. The van der Waals surface area contributed by atoms with Gasteiger partial charge in [0.25, 0.3) is 0 Å². The van der Waals surface area contributed by atoms with Gasteiger partial charge < -0.3 is 0 Å². The van der Waals surface area contributed by atoms with Crippen LogP contribution in [0.3, 0.4) is 0 Å². The van der Waals surface area contributed by atoms with E-state index in [1.165, 1.54) is 41.0 Å². The van der Waals surface area contributed by atoms with Crippen molar-refractivity contribution >= 4 is 29.0 Å². The van der Waals surface area contributed by atoms with Gasteiger partial charge in [-0.3, -0.25) is 12.2 Å². The third kappa shape index (κ3) is 12.5. The van der Waals surface area contributed by atoms with E-state index in [0.717, 1.165) is 12.8 Å². The van der Waals surface area contributed by atoms with Crippen LogP contribution in [0.1, 0.15) is 33.6 Å². The number of hydrogen-bond acceptors (Lipinski definition) is 0. The van der Waals surface area contributed by atoms with Gasteiger partial charge in [-0.25, -0.2) is 23.3 Å². The van der Waals surface area contributed by atoms with Crippen molar-refractivity contribution in [3.05, 3.63) is 47.1 Å². The van der Waals surface area contributed by atoms with Crippen molar-refractivity contribution in [2.24, 2.45) is 0 Å². The minimum absolute atomic E-state index is 0. The molecular formula is C14H20Cl2Zr. The van der Waals surface area contributed by atoms with Crippen LogP contribution in [-0.4, -0.2) is 4.21 Å². The predicted octanol–water partition coefficient (Wildman–Crippen LogP) is 4.59. The molecule has 0 aromatic carbocycles. The first-order valence-corrected chi connectivity index (χ1v) is 6.75. The van der Waals surface area contributed by atoms with Gasteiger partial charge >= 0.3 is 28.4 Å². The first-order valence-electron chi connectivity index (χ1n) is 5.02. The van der Waals surface area contributed by atoms with Crippen molar-refractivity contribution in [2.45, 2.75) is 33.6 Å². The van der Waals surface area contributed by atoms with Crippen LogP contribution in [0.2, 0.25) is 0 Å². The van der Waals surface area contributed by atoms with E-state index in [1.54, 1.807) is 0 Å². The Morgan fingerprint density at radius 1 is 1.18 bits per heavy atom. The molecule has 2 aliphatic rings. The molecule has 0 amide bonds. The van der Waals surface area contributed by atoms with Crippen molar-refractivity contribution in [3.8, 4) is 0 Å². The first kappa shape index (κ1) is 22.5. The molecule has 94 valence electrons. The molecule has 0 unspecified atom stereocenters. The average molecular weight is 350 g/mol. The van der Waals surface area contributed by atoms with E-state index in [4.69, 9.17) is 0 Å². The molecule has 0 saturated carbocycles. The molecular weight excluding hydrogens is 330 g/mol. The van der Waals surface area contributed by atoms with Crippen molar-refractivity contribution in [3.63, 3.8) is 0 Å². The molecule has 0 saturated heterocycles. The second kappa shape index (κ2) is 14.4. The second-order valence-electron chi connectivity index (χ2n) is 3.53. The van der Waals surface area contributed by atoms with Crippen molar-refractivity contribution in [1.29, 1.82) is 0 Å². The van der Waals surface area contributed by atoms with E-state index in [0.29, 0.717) is 0 Å². The van der Waals surface area contributed by atoms with Crippen LogP contribution < -0.4 is 0 Å². The van der Waals surface area contributed by atoms with E-state index < -0.39 is 0 Å². The molecule has 0 aliphatic heterocycles. The van der Waals surface area contributed by atoms with Crippen molar-refractivity contribution < 1.29 is 24.2 Å². The van der Waals surface area contributed by atoms with E-state index in [2.05, 4.69) is 49.3 Å². The SMILES string of the molecule is CC1=CC[C-]=C1.CC1=[C-]CC(C)=C1.Cl.Cl.[CH2]=[Zr+2]. The van der Waals surface area contributed by atoms with Gasteiger partial charge in [0.1, 0.15) is 0 Å². The monoisotopic (exact) mass is 348 g/mol. The third-order valence-corrected chi connectivity index (χ3v) is 1.98. The fraction of sp³-hybridized carbons (Fsp3) is 0.357. The van der Waals surface area contributed by atoms with Gasteiger partial charge in [0.15, 0.2) is 0 Å². The van der Waals surface area contributed by atoms with Crippen LogP contribution in [0.25, 0.3) is 0 Å². The molecule has 0 atom stereocenters. The average Bonchev–Trinajstić information content (AvgIpc) is 2.82. The zero-order chi connectivity index (χ0) is 11.7. The molecule has 0 N–H and O–H groups in total. The van der Waals surface area contributed by atoms with Gasteiger partial charge in [-0.1, -0.05) is 13.8 Å². The maximum absolute atomic E-state index is 3.34. The molecule has 0 spiro atoms. The van der Waals surface area contributed by atoms with Crippen LogP contribution in [-0.2, 0) is 24.2 Å². The van der Waals surface area contributed by atoms with Crippen LogP contribution in [0.15, 0.2) is 34.9 Å². The summed E-state index contributed by atoms with van der Waals surface area (Å²) in [6.07, 6.45) is 14.6. The van der Waals surface area contributed by atoms with Crippen molar-refractivity contribution in [2.75, 3.05) is 0 Å². The van der Waals surface area contributed by atoms with Crippen molar-refractivity contribution in [1.82, 2.24) is 0 Å². The van der Waals surface area contributed by atoms with Gasteiger partial charge in [0, 0.05) is 0 Å². The number of hydrogen-bond donors (Lipinski definition) is 0.